The van der Waals surface area contributed by atoms with Gasteiger partial charge in [-0.2, -0.15) is 0 Å². The van der Waals surface area contributed by atoms with Gasteiger partial charge in [0.15, 0.2) is 5.78 Å². The largest absolute Gasteiger partial charge is 0.294 e. The Kier molecular flexibility index (Phi) is 7.15. The maximum atomic E-state index is 12.4. The van der Waals surface area contributed by atoms with Crippen molar-refractivity contribution in [3.05, 3.63) is 48.0 Å². The number of rotatable bonds is 10. The lowest BCUT2D eigenvalue weighted by Gasteiger charge is -2.06. The van der Waals surface area contributed by atoms with Gasteiger partial charge in [-0.1, -0.05) is 94.3 Å². The van der Waals surface area contributed by atoms with Gasteiger partial charge in [-0.3, -0.25) is 4.79 Å². The van der Waals surface area contributed by atoms with Gasteiger partial charge in [0.05, 0.1) is 0 Å². The van der Waals surface area contributed by atoms with Crippen LogP contribution in [-0.4, -0.2) is 5.78 Å². The van der Waals surface area contributed by atoms with Gasteiger partial charge in [0.25, 0.3) is 0 Å². The lowest BCUT2D eigenvalue weighted by Crippen LogP contribution is -2.00. The van der Waals surface area contributed by atoms with Crippen molar-refractivity contribution in [3.63, 3.8) is 0 Å². The van der Waals surface area contributed by atoms with Gasteiger partial charge in [-0.05, 0) is 17.2 Å². The molecule has 0 aliphatic heterocycles. The van der Waals surface area contributed by atoms with Gasteiger partial charge >= 0.3 is 0 Å². The van der Waals surface area contributed by atoms with Gasteiger partial charge in [0, 0.05) is 12.0 Å². The molecule has 2 rings (SSSR count). The second-order valence-corrected chi connectivity index (χ2v) is 6.17. The first kappa shape index (κ1) is 16.7. The van der Waals surface area contributed by atoms with E-state index in [0.29, 0.717) is 12.2 Å². The molecule has 0 saturated carbocycles. The van der Waals surface area contributed by atoms with Crippen LogP contribution in [-0.2, 0) is 0 Å². The summed E-state index contributed by atoms with van der Waals surface area (Å²) in [5.41, 5.74) is 0.890. The van der Waals surface area contributed by atoms with E-state index in [9.17, 15) is 4.79 Å². The normalized spacial score (nSPS) is 11.0. The Hall–Kier alpha value is -1.63. The Bertz CT molecular complexity index is 580. The van der Waals surface area contributed by atoms with Crippen molar-refractivity contribution in [1.29, 1.82) is 0 Å². The van der Waals surface area contributed by atoms with Crippen molar-refractivity contribution >= 4 is 16.6 Å². The van der Waals surface area contributed by atoms with Crippen molar-refractivity contribution in [3.8, 4) is 0 Å². The Morgan fingerprint density at radius 3 is 2.18 bits per heavy atom. The van der Waals surface area contributed by atoms with E-state index >= 15 is 0 Å². The van der Waals surface area contributed by atoms with Crippen molar-refractivity contribution in [2.24, 2.45) is 0 Å². The Labute approximate surface area is 134 Å². The summed E-state index contributed by atoms with van der Waals surface area (Å²) in [6, 6.07) is 14.2. The van der Waals surface area contributed by atoms with Crippen LogP contribution in [0.3, 0.4) is 0 Å². The summed E-state index contributed by atoms with van der Waals surface area (Å²) >= 11 is 0. The van der Waals surface area contributed by atoms with E-state index in [4.69, 9.17) is 0 Å². The van der Waals surface area contributed by atoms with Gasteiger partial charge in [0.1, 0.15) is 0 Å². The highest BCUT2D eigenvalue weighted by atomic mass is 16.1. The summed E-state index contributed by atoms with van der Waals surface area (Å²) in [6.45, 7) is 2.25. The lowest BCUT2D eigenvalue weighted by molar-refractivity contribution is 0.0980. The van der Waals surface area contributed by atoms with Crippen LogP contribution in [0.1, 0.15) is 75.1 Å². The average Bonchev–Trinajstić information content (AvgIpc) is 2.56. The maximum absolute atomic E-state index is 12.4. The molecule has 0 heterocycles. The van der Waals surface area contributed by atoms with E-state index in [0.717, 1.165) is 22.8 Å². The molecule has 0 radical (unpaired) electrons. The minimum absolute atomic E-state index is 0.294. The fourth-order valence-corrected chi connectivity index (χ4v) is 3.02. The van der Waals surface area contributed by atoms with Crippen LogP contribution in [0.25, 0.3) is 10.8 Å². The van der Waals surface area contributed by atoms with Crippen LogP contribution in [0.15, 0.2) is 42.5 Å². The molecule has 1 nitrogen and oxygen atoms in total. The number of unbranched alkanes of at least 4 members (excludes halogenated alkanes) is 7. The number of benzene rings is 2. The fraction of sp³-hybridized carbons (Fsp3) is 0.476. The van der Waals surface area contributed by atoms with Crippen LogP contribution < -0.4 is 0 Å². The molecule has 0 amide bonds. The Morgan fingerprint density at radius 1 is 0.773 bits per heavy atom. The molecular formula is C21H28O. The molecule has 0 atom stereocenters. The van der Waals surface area contributed by atoms with Crippen molar-refractivity contribution in [2.75, 3.05) is 0 Å². The summed E-state index contributed by atoms with van der Waals surface area (Å²) in [4.78, 5) is 12.4. The topological polar surface area (TPSA) is 17.1 Å². The number of carbonyl (C=O) groups excluding carboxylic acids is 1. The first-order valence-corrected chi connectivity index (χ1v) is 8.84. The molecule has 0 fully saturated rings. The second kappa shape index (κ2) is 9.40. The van der Waals surface area contributed by atoms with Gasteiger partial charge in [-0.15, -0.1) is 0 Å². The summed E-state index contributed by atoms with van der Waals surface area (Å²) in [7, 11) is 0. The summed E-state index contributed by atoms with van der Waals surface area (Å²) in [6.07, 6.45) is 10.9. The third-order valence-corrected chi connectivity index (χ3v) is 4.35. The zero-order valence-corrected chi connectivity index (χ0v) is 13.8. The van der Waals surface area contributed by atoms with Gasteiger partial charge in [0.2, 0.25) is 0 Å². The number of Topliss-reactive ketones (excluding diaryl/α,β-unsaturated/α-hetero) is 1. The number of fused-ring (bicyclic) bond motifs is 1. The molecule has 2 aromatic carbocycles. The van der Waals surface area contributed by atoms with Gasteiger partial charge in [-0.25, -0.2) is 0 Å². The summed E-state index contributed by atoms with van der Waals surface area (Å²) in [5, 5.41) is 2.25. The molecule has 0 bridgehead atoms. The number of hydrogen-bond acceptors (Lipinski definition) is 1. The predicted molar refractivity (Wildman–Crippen MR) is 95.5 cm³/mol. The monoisotopic (exact) mass is 296 g/mol. The molecule has 0 aliphatic rings. The molecule has 0 aliphatic carbocycles. The van der Waals surface area contributed by atoms with Crippen LogP contribution in [0.4, 0.5) is 0 Å². The number of hydrogen-bond donors (Lipinski definition) is 0. The first-order chi connectivity index (χ1) is 10.8. The molecule has 1 heteroatoms. The zero-order valence-electron chi connectivity index (χ0n) is 13.8. The van der Waals surface area contributed by atoms with E-state index in [1.807, 2.05) is 24.3 Å². The minimum Gasteiger partial charge on any atom is -0.294 e. The van der Waals surface area contributed by atoms with E-state index in [-0.39, 0.29) is 0 Å². The molecule has 0 saturated heterocycles. The third-order valence-electron chi connectivity index (χ3n) is 4.35. The summed E-state index contributed by atoms with van der Waals surface area (Å²) < 4.78 is 0. The van der Waals surface area contributed by atoms with Crippen LogP contribution in [0, 0.1) is 0 Å². The standard InChI is InChI=1S/C21H28O/c1-2-3-4-5-6-7-8-9-17-21(22)20-16-12-14-18-13-10-11-15-19(18)20/h10-16H,2-9,17H2,1H3. The molecule has 118 valence electrons. The van der Waals surface area contributed by atoms with Crippen molar-refractivity contribution in [2.45, 2.75) is 64.7 Å². The predicted octanol–water partition coefficient (Wildman–Crippen LogP) is 6.55. The highest BCUT2D eigenvalue weighted by Crippen LogP contribution is 2.21. The molecule has 0 spiro atoms. The first-order valence-electron chi connectivity index (χ1n) is 8.84. The smallest absolute Gasteiger partial charge is 0.163 e. The summed E-state index contributed by atoms with van der Waals surface area (Å²) in [5.74, 6) is 0.294. The van der Waals surface area contributed by atoms with E-state index in [2.05, 4.69) is 25.1 Å². The maximum Gasteiger partial charge on any atom is 0.163 e. The SMILES string of the molecule is CCCCCCCCCCC(=O)c1cccc2ccccc12. The Morgan fingerprint density at radius 2 is 1.41 bits per heavy atom. The zero-order chi connectivity index (χ0) is 15.6. The highest BCUT2D eigenvalue weighted by Gasteiger charge is 2.09. The molecule has 0 unspecified atom stereocenters. The van der Waals surface area contributed by atoms with Crippen LogP contribution in [0.2, 0.25) is 0 Å². The number of ketones is 1. The number of carbonyl (C=O) groups is 1. The average molecular weight is 296 g/mol. The Balaban J connectivity index is 1.75. The second-order valence-electron chi connectivity index (χ2n) is 6.17. The third kappa shape index (κ3) is 4.98. The van der Waals surface area contributed by atoms with Crippen molar-refractivity contribution in [1.82, 2.24) is 0 Å². The van der Waals surface area contributed by atoms with Gasteiger partial charge < -0.3 is 0 Å². The quantitative estimate of drug-likeness (QED) is 0.359. The molecule has 0 aromatic heterocycles. The van der Waals surface area contributed by atoms with Crippen LogP contribution >= 0.6 is 0 Å². The van der Waals surface area contributed by atoms with Crippen molar-refractivity contribution < 1.29 is 4.79 Å². The molecule has 22 heavy (non-hydrogen) atoms. The fourth-order valence-electron chi connectivity index (χ4n) is 3.02. The molecule has 0 N–H and O–H groups in total. The van der Waals surface area contributed by atoms with E-state index < -0.39 is 0 Å². The van der Waals surface area contributed by atoms with E-state index in [1.165, 1.54) is 44.9 Å². The van der Waals surface area contributed by atoms with E-state index in [1.54, 1.807) is 0 Å². The highest BCUT2D eigenvalue weighted by molar-refractivity contribution is 6.08. The lowest BCUT2D eigenvalue weighted by atomic mass is 9.98. The molecule has 2 aromatic rings. The molecular weight excluding hydrogens is 268 g/mol. The minimum atomic E-state index is 0.294. The van der Waals surface area contributed by atoms with Crippen LogP contribution in [0.5, 0.6) is 0 Å².